The second-order valence-electron chi connectivity index (χ2n) is 11.9. The molecule has 3 fully saturated rings. The van der Waals surface area contributed by atoms with E-state index in [1.807, 2.05) is 35.2 Å². The molecule has 3 heterocycles. The van der Waals surface area contributed by atoms with Gasteiger partial charge in [0.25, 0.3) is 5.56 Å². The monoisotopic (exact) mass is 603 g/mol. The van der Waals surface area contributed by atoms with Gasteiger partial charge >= 0.3 is 0 Å². The maximum absolute atomic E-state index is 13.6. The van der Waals surface area contributed by atoms with Gasteiger partial charge < -0.3 is 19.9 Å². The molecular formula is C33H41N5O4S. The van der Waals surface area contributed by atoms with Gasteiger partial charge in [0, 0.05) is 57.5 Å². The highest BCUT2D eigenvalue weighted by Gasteiger charge is 2.32. The zero-order chi connectivity index (χ0) is 29.6. The lowest BCUT2D eigenvalue weighted by Crippen LogP contribution is -2.50. The quantitative estimate of drug-likeness (QED) is 0.292. The largest absolute Gasteiger partial charge is 0.376 e. The van der Waals surface area contributed by atoms with E-state index in [1.54, 1.807) is 4.57 Å². The molecule has 0 bridgehead atoms. The number of anilines is 1. The van der Waals surface area contributed by atoms with E-state index in [0.29, 0.717) is 29.1 Å². The number of nitrogens with one attached hydrogen (secondary N) is 1. The lowest BCUT2D eigenvalue weighted by atomic mass is 9.81. The molecule has 0 radical (unpaired) electrons. The molecule has 2 amide bonds. The van der Waals surface area contributed by atoms with Gasteiger partial charge in [0.05, 0.1) is 22.8 Å². The molecule has 9 nitrogen and oxygen atoms in total. The van der Waals surface area contributed by atoms with Gasteiger partial charge in [-0.05, 0) is 68.7 Å². The third kappa shape index (κ3) is 7.24. The molecule has 10 heteroatoms. The molecule has 2 aromatic carbocycles. The number of piperazine rings is 1. The van der Waals surface area contributed by atoms with Gasteiger partial charge in [0.15, 0.2) is 5.16 Å². The maximum Gasteiger partial charge on any atom is 0.262 e. The summed E-state index contributed by atoms with van der Waals surface area (Å²) in [6, 6.07) is 17.8. The summed E-state index contributed by atoms with van der Waals surface area (Å²) in [7, 11) is 0. The number of ether oxygens (including phenoxy) is 1. The normalized spacial score (nSPS) is 22.6. The van der Waals surface area contributed by atoms with Crippen LogP contribution in [-0.4, -0.2) is 77.5 Å². The number of para-hydroxylation sites is 2. The van der Waals surface area contributed by atoms with Crippen LogP contribution in [0.25, 0.3) is 10.9 Å². The number of aromatic nitrogens is 2. The number of carbonyl (C=O) groups excluding carboxylic acids is 2. The second-order valence-corrected chi connectivity index (χ2v) is 12.9. The lowest BCUT2D eigenvalue weighted by molar-refractivity contribution is -0.137. The maximum atomic E-state index is 13.6. The fraction of sp³-hybridized carbons (Fsp3) is 0.515. The molecule has 6 rings (SSSR count). The summed E-state index contributed by atoms with van der Waals surface area (Å²) in [4.78, 5) is 48.8. The van der Waals surface area contributed by atoms with Crippen LogP contribution < -0.4 is 15.8 Å². The first-order chi connectivity index (χ1) is 21.0. The zero-order valence-electron chi connectivity index (χ0n) is 24.7. The Kier molecular flexibility index (Phi) is 9.63. The van der Waals surface area contributed by atoms with Crippen molar-refractivity contribution in [3.8, 4) is 0 Å². The minimum Gasteiger partial charge on any atom is -0.376 e. The smallest absolute Gasteiger partial charge is 0.262 e. The first kappa shape index (κ1) is 29.7. The van der Waals surface area contributed by atoms with E-state index in [1.165, 1.54) is 17.4 Å². The molecule has 43 heavy (non-hydrogen) atoms. The van der Waals surface area contributed by atoms with Crippen molar-refractivity contribution in [3.05, 3.63) is 65.0 Å². The minimum absolute atomic E-state index is 0.0485. The number of hydrogen-bond donors (Lipinski definition) is 1. The molecular weight excluding hydrogens is 562 g/mol. The van der Waals surface area contributed by atoms with Crippen molar-refractivity contribution < 1.29 is 14.3 Å². The molecule has 1 N–H and O–H groups in total. The summed E-state index contributed by atoms with van der Waals surface area (Å²) in [6.07, 6.45) is 5.56. The third-order valence-corrected chi connectivity index (χ3v) is 10.0. The van der Waals surface area contributed by atoms with Crippen LogP contribution in [0.1, 0.15) is 38.5 Å². The van der Waals surface area contributed by atoms with Gasteiger partial charge in [-0.2, -0.15) is 0 Å². The van der Waals surface area contributed by atoms with Gasteiger partial charge in [0.1, 0.15) is 0 Å². The van der Waals surface area contributed by atoms with Crippen molar-refractivity contribution in [2.75, 3.05) is 50.0 Å². The Bertz CT molecular complexity index is 1460. The summed E-state index contributed by atoms with van der Waals surface area (Å²) >= 11 is 1.31. The Hall–Kier alpha value is -3.37. The summed E-state index contributed by atoms with van der Waals surface area (Å²) in [5.41, 5.74) is 1.79. The average molecular weight is 604 g/mol. The summed E-state index contributed by atoms with van der Waals surface area (Å²) in [5, 5.41) is 4.13. The first-order valence-electron chi connectivity index (χ1n) is 15.6. The number of fused-ring (bicyclic) bond motifs is 1. The molecule has 1 aromatic heterocycles. The van der Waals surface area contributed by atoms with Gasteiger partial charge in [-0.25, -0.2) is 4.98 Å². The van der Waals surface area contributed by atoms with E-state index in [2.05, 4.69) is 34.5 Å². The van der Waals surface area contributed by atoms with Crippen molar-refractivity contribution in [2.45, 2.75) is 56.3 Å². The van der Waals surface area contributed by atoms with Crippen LogP contribution in [0.15, 0.2) is 64.5 Å². The van der Waals surface area contributed by atoms with Crippen molar-refractivity contribution in [1.29, 1.82) is 0 Å². The summed E-state index contributed by atoms with van der Waals surface area (Å²) in [5.74, 6) is 0.717. The predicted octanol–water partition coefficient (Wildman–Crippen LogP) is 3.94. The molecule has 0 unspecified atom stereocenters. The Labute approximate surface area is 257 Å². The number of benzene rings is 2. The number of thioether (sulfide) groups is 1. The van der Waals surface area contributed by atoms with E-state index >= 15 is 0 Å². The van der Waals surface area contributed by atoms with Crippen molar-refractivity contribution in [3.63, 3.8) is 0 Å². The topological polar surface area (TPSA) is 96.8 Å². The average Bonchev–Trinajstić information content (AvgIpc) is 3.59. The van der Waals surface area contributed by atoms with Crippen LogP contribution in [0.5, 0.6) is 0 Å². The number of nitrogens with zero attached hydrogens (tertiary/aromatic N) is 4. The molecule has 0 spiro atoms. The van der Waals surface area contributed by atoms with Gasteiger partial charge in [-0.15, -0.1) is 0 Å². The fourth-order valence-electron chi connectivity index (χ4n) is 6.57. The first-order valence-corrected chi connectivity index (χ1v) is 16.6. The number of hydrogen-bond acceptors (Lipinski definition) is 7. The Morgan fingerprint density at radius 3 is 2.42 bits per heavy atom. The molecule has 1 atom stereocenters. The van der Waals surface area contributed by atoms with Crippen molar-refractivity contribution in [1.82, 2.24) is 19.8 Å². The molecule has 1 aliphatic carbocycles. The number of rotatable bonds is 9. The highest BCUT2D eigenvalue weighted by Crippen LogP contribution is 2.32. The van der Waals surface area contributed by atoms with Crippen molar-refractivity contribution >= 4 is 40.2 Å². The second kappa shape index (κ2) is 13.9. The van der Waals surface area contributed by atoms with Crippen LogP contribution in [0, 0.1) is 11.8 Å². The van der Waals surface area contributed by atoms with Crippen LogP contribution >= 0.6 is 11.8 Å². The van der Waals surface area contributed by atoms with Gasteiger partial charge in [-0.1, -0.05) is 42.1 Å². The highest BCUT2D eigenvalue weighted by molar-refractivity contribution is 7.99. The number of amides is 2. The van der Waals surface area contributed by atoms with Crippen LogP contribution in [0.3, 0.4) is 0 Å². The third-order valence-electron chi connectivity index (χ3n) is 9.06. The molecule has 2 aliphatic heterocycles. The predicted molar refractivity (Wildman–Crippen MR) is 169 cm³/mol. The minimum atomic E-state index is -0.0851. The fourth-order valence-corrected chi connectivity index (χ4v) is 7.40. The Morgan fingerprint density at radius 2 is 1.67 bits per heavy atom. The summed E-state index contributed by atoms with van der Waals surface area (Å²) in [6.45, 7) is 5.05. The standard InChI is InChI=1S/C33H41N5O4S/c39-30(34-21-27-9-6-20-42-27)23-43-33-35-29-11-5-4-10-28(29)32(41)38(33)22-24-12-14-25(15-13-24)31(40)37-18-16-36(17-19-37)26-7-2-1-3-8-26/h1-5,7-8,10-11,24-25,27H,6,9,12-23H2,(H,34,39)/t24?,25?,27-/m0/s1. The Balaban J connectivity index is 1.05. The van der Waals surface area contributed by atoms with E-state index in [0.717, 1.165) is 71.3 Å². The Morgan fingerprint density at radius 1 is 0.930 bits per heavy atom. The molecule has 1 saturated carbocycles. The summed E-state index contributed by atoms with van der Waals surface area (Å²) < 4.78 is 7.37. The van der Waals surface area contributed by atoms with Crippen LogP contribution in [-0.2, 0) is 20.9 Å². The van der Waals surface area contributed by atoms with E-state index in [4.69, 9.17) is 9.72 Å². The SMILES string of the molecule is O=C(CSc1nc2ccccc2c(=O)n1CC1CCC(C(=O)N2CCN(c3ccccc3)CC2)CC1)NC[C@@H]1CCCO1. The van der Waals surface area contributed by atoms with Crippen LogP contribution in [0.2, 0.25) is 0 Å². The number of carbonyl (C=O) groups is 2. The molecule has 228 valence electrons. The zero-order valence-corrected chi connectivity index (χ0v) is 25.5. The van der Waals surface area contributed by atoms with E-state index in [9.17, 15) is 14.4 Å². The van der Waals surface area contributed by atoms with E-state index in [-0.39, 0.29) is 41.1 Å². The molecule has 2 saturated heterocycles. The lowest BCUT2D eigenvalue weighted by Gasteiger charge is -2.39. The van der Waals surface area contributed by atoms with Crippen LogP contribution in [0.4, 0.5) is 5.69 Å². The molecule has 3 aromatic rings. The van der Waals surface area contributed by atoms with E-state index < -0.39 is 0 Å². The van der Waals surface area contributed by atoms with Gasteiger partial charge in [0.2, 0.25) is 11.8 Å². The van der Waals surface area contributed by atoms with Crippen molar-refractivity contribution in [2.24, 2.45) is 11.8 Å². The van der Waals surface area contributed by atoms with Gasteiger partial charge in [-0.3, -0.25) is 19.0 Å². The molecule has 3 aliphatic rings. The highest BCUT2D eigenvalue weighted by atomic mass is 32.2.